The second kappa shape index (κ2) is 5.42. The molecular formula is C15H11ClF2N2O. The van der Waals surface area contributed by atoms with E-state index in [0.29, 0.717) is 21.6 Å². The standard InChI is InChI=1S/C15H11ClF2N2O/c16-10-3-1-2-9(4-10)15(21)7-20-8-19-13-5-11(17)12(18)6-14(13)20/h1-6,8,15,21H,7H2. The van der Waals surface area contributed by atoms with Crippen LogP contribution in [0.4, 0.5) is 8.78 Å². The maximum Gasteiger partial charge on any atom is 0.161 e. The van der Waals surface area contributed by atoms with Gasteiger partial charge in [-0.15, -0.1) is 0 Å². The average molecular weight is 309 g/mol. The fraction of sp³-hybridized carbons (Fsp3) is 0.133. The summed E-state index contributed by atoms with van der Waals surface area (Å²) in [7, 11) is 0. The van der Waals surface area contributed by atoms with Crippen LogP contribution in [-0.2, 0) is 6.54 Å². The monoisotopic (exact) mass is 308 g/mol. The second-order valence-electron chi connectivity index (χ2n) is 4.72. The third kappa shape index (κ3) is 2.75. The molecule has 1 atom stereocenters. The molecule has 0 saturated heterocycles. The van der Waals surface area contributed by atoms with Gasteiger partial charge in [0.25, 0.3) is 0 Å². The zero-order valence-corrected chi connectivity index (χ0v) is 11.6. The summed E-state index contributed by atoms with van der Waals surface area (Å²) in [5.74, 6) is -1.88. The Labute approximate surface area is 124 Å². The minimum atomic E-state index is -0.943. The summed E-state index contributed by atoms with van der Waals surface area (Å²) in [5, 5.41) is 10.7. The molecule has 21 heavy (non-hydrogen) atoms. The molecule has 0 spiro atoms. The van der Waals surface area contributed by atoms with E-state index < -0.39 is 17.7 Å². The molecule has 0 aliphatic carbocycles. The summed E-state index contributed by atoms with van der Waals surface area (Å²) in [6, 6.07) is 8.96. The lowest BCUT2D eigenvalue weighted by Crippen LogP contribution is -2.08. The van der Waals surface area contributed by atoms with Crippen molar-refractivity contribution < 1.29 is 13.9 Å². The molecule has 0 fully saturated rings. The minimum Gasteiger partial charge on any atom is -0.387 e. The SMILES string of the molecule is OC(Cn1cnc2cc(F)c(F)cc21)c1cccc(Cl)c1. The Morgan fingerprint density at radius 3 is 2.71 bits per heavy atom. The van der Waals surface area contributed by atoms with Crippen LogP contribution in [0.2, 0.25) is 5.02 Å². The Bertz CT molecular complexity index is 803. The molecule has 0 aliphatic rings. The molecule has 1 heterocycles. The number of fused-ring (bicyclic) bond motifs is 1. The zero-order valence-electron chi connectivity index (χ0n) is 10.8. The maximum atomic E-state index is 13.3. The van der Waals surface area contributed by atoms with Gasteiger partial charge in [-0.25, -0.2) is 13.8 Å². The number of imidazole rings is 1. The van der Waals surface area contributed by atoms with E-state index in [4.69, 9.17) is 11.6 Å². The molecule has 3 rings (SSSR count). The molecule has 1 N–H and O–H groups in total. The van der Waals surface area contributed by atoms with E-state index in [-0.39, 0.29) is 6.54 Å². The van der Waals surface area contributed by atoms with Crippen molar-refractivity contribution in [1.82, 2.24) is 9.55 Å². The average Bonchev–Trinajstić information content (AvgIpc) is 2.82. The van der Waals surface area contributed by atoms with E-state index in [1.807, 2.05) is 0 Å². The summed E-state index contributed by atoms with van der Waals surface area (Å²) in [6.45, 7) is 0.169. The first-order chi connectivity index (χ1) is 10.0. The normalized spacial score (nSPS) is 12.8. The molecule has 6 heteroatoms. The van der Waals surface area contributed by atoms with E-state index in [1.165, 1.54) is 6.33 Å². The van der Waals surface area contributed by atoms with Gasteiger partial charge < -0.3 is 9.67 Å². The van der Waals surface area contributed by atoms with Gasteiger partial charge in [0.2, 0.25) is 0 Å². The molecule has 2 aromatic carbocycles. The van der Waals surface area contributed by atoms with Crippen molar-refractivity contribution in [2.75, 3.05) is 0 Å². The molecule has 1 unspecified atom stereocenters. The van der Waals surface area contributed by atoms with Gasteiger partial charge >= 0.3 is 0 Å². The van der Waals surface area contributed by atoms with Gasteiger partial charge in [0.15, 0.2) is 11.6 Å². The number of nitrogens with zero attached hydrogens (tertiary/aromatic N) is 2. The van der Waals surface area contributed by atoms with Crippen LogP contribution in [0.1, 0.15) is 11.7 Å². The molecule has 0 aliphatic heterocycles. The summed E-state index contributed by atoms with van der Waals surface area (Å²) >= 11 is 5.88. The lowest BCUT2D eigenvalue weighted by Gasteiger charge is -2.13. The fourth-order valence-corrected chi connectivity index (χ4v) is 2.40. The predicted octanol–water partition coefficient (Wildman–Crippen LogP) is 3.70. The molecule has 0 bridgehead atoms. The van der Waals surface area contributed by atoms with Crippen molar-refractivity contribution >= 4 is 22.6 Å². The number of halogens is 3. The Balaban J connectivity index is 1.93. The highest BCUT2D eigenvalue weighted by Crippen LogP contribution is 2.22. The lowest BCUT2D eigenvalue weighted by molar-refractivity contribution is 0.158. The van der Waals surface area contributed by atoms with Gasteiger partial charge in [-0.3, -0.25) is 0 Å². The first-order valence-corrected chi connectivity index (χ1v) is 6.66. The molecular weight excluding hydrogens is 298 g/mol. The molecule has 3 nitrogen and oxygen atoms in total. The van der Waals surface area contributed by atoms with Crippen LogP contribution in [0.3, 0.4) is 0 Å². The quantitative estimate of drug-likeness (QED) is 0.801. The topological polar surface area (TPSA) is 38.0 Å². The molecule has 0 radical (unpaired) electrons. The highest BCUT2D eigenvalue weighted by molar-refractivity contribution is 6.30. The van der Waals surface area contributed by atoms with Gasteiger partial charge in [-0.2, -0.15) is 0 Å². The number of aliphatic hydroxyl groups is 1. The second-order valence-corrected chi connectivity index (χ2v) is 5.16. The van der Waals surface area contributed by atoms with Gasteiger partial charge in [0, 0.05) is 17.2 Å². The first kappa shape index (κ1) is 14.0. The predicted molar refractivity (Wildman–Crippen MR) is 76.1 cm³/mol. The Hall–Kier alpha value is -1.98. The van der Waals surface area contributed by atoms with Crippen molar-refractivity contribution in [3.05, 3.63) is 64.9 Å². The number of rotatable bonds is 3. The number of aliphatic hydroxyl groups excluding tert-OH is 1. The molecule has 0 amide bonds. The smallest absolute Gasteiger partial charge is 0.161 e. The summed E-state index contributed by atoms with van der Waals surface area (Å²) in [5.41, 5.74) is 1.41. The fourth-order valence-electron chi connectivity index (χ4n) is 2.20. The van der Waals surface area contributed by atoms with Crippen molar-refractivity contribution in [2.24, 2.45) is 0 Å². The van der Waals surface area contributed by atoms with Crippen LogP contribution in [0.25, 0.3) is 11.0 Å². The lowest BCUT2D eigenvalue weighted by atomic mass is 10.1. The Kier molecular flexibility index (Phi) is 3.61. The molecule has 1 aromatic heterocycles. The van der Waals surface area contributed by atoms with Crippen molar-refractivity contribution in [1.29, 1.82) is 0 Å². The first-order valence-electron chi connectivity index (χ1n) is 6.28. The van der Waals surface area contributed by atoms with Crippen LogP contribution in [0, 0.1) is 11.6 Å². The molecule has 0 saturated carbocycles. The van der Waals surface area contributed by atoms with E-state index in [9.17, 15) is 13.9 Å². The summed E-state index contributed by atoms with van der Waals surface area (Å²) in [6.07, 6.45) is 0.617. The Morgan fingerprint density at radius 1 is 1.19 bits per heavy atom. The number of hydrogen-bond donors (Lipinski definition) is 1. The van der Waals surface area contributed by atoms with Crippen LogP contribution >= 0.6 is 11.6 Å². The van der Waals surface area contributed by atoms with Crippen LogP contribution in [0.5, 0.6) is 0 Å². The van der Waals surface area contributed by atoms with Crippen molar-refractivity contribution in [3.8, 4) is 0 Å². The van der Waals surface area contributed by atoms with E-state index in [1.54, 1.807) is 28.8 Å². The van der Waals surface area contributed by atoms with Gasteiger partial charge in [-0.05, 0) is 17.7 Å². The van der Waals surface area contributed by atoms with Gasteiger partial charge in [0.05, 0.1) is 30.0 Å². The zero-order chi connectivity index (χ0) is 15.0. The summed E-state index contributed by atoms with van der Waals surface area (Å²) < 4.78 is 28.0. The van der Waals surface area contributed by atoms with Crippen molar-refractivity contribution in [2.45, 2.75) is 12.6 Å². The van der Waals surface area contributed by atoms with Crippen LogP contribution < -0.4 is 0 Å². The number of aromatic nitrogens is 2. The highest BCUT2D eigenvalue weighted by atomic mass is 35.5. The number of benzene rings is 2. The number of hydrogen-bond acceptors (Lipinski definition) is 2. The van der Waals surface area contributed by atoms with Gasteiger partial charge in [0.1, 0.15) is 0 Å². The minimum absolute atomic E-state index is 0.169. The highest BCUT2D eigenvalue weighted by Gasteiger charge is 2.13. The van der Waals surface area contributed by atoms with E-state index in [2.05, 4.69) is 4.98 Å². The van der Waals surface area contributed by atoms with Crippen LogP contribution in [-0.4, -0.2) is 14.7 Å². The third-order valence-electron chi connectivity index (χ3n) is 3.27. The van der Waals surface area contributed by atoms with E-state index in [0.717, 1.165) is 12.1 Å². The van der Waals surface area contributed by atoms with Crippen molar-refractivity contribution in [3.63, 3.8) is 0 Å². The molecule has 3 aromatic rings. The third-order valence-corrected chi connectivity index (χ3v) is 3.50. The van der Waals surface area contributed by atoms with Gasteiger partial charge in [-0.1, -0.05) is 23.7 Å². The molecule has 108 valence electrons. The Morgan fingerprint density at radius 2 is 1.95 bits per heavy atom. The van der Waals surface area contributed by atoms with E-state index >= 15 is 0 Å². The maximum absolute atomic E-state index is 13.3. The van der Waals surface area contributed by atoms with Crippen LogP contribution in [0.15, 0.2) is 42.7 Å². The summed E-state index contributed by atoms with van der Waals surface area (Å²) in [4.78, 5) is 4.00. The largest absolute Gasteiger partial charge is 0.387 e.